The highest BCUT2D eigenvalue weighted by atomic mass is 16.5. The number of aromatic nitrogens is 4. The number of nitrogens with one attached hydrogen (secondary N) is 1. The fraction of sp³-hybridized carbons (Fsp3) is 0.300. The van der Waals surface area contributed by atoms with Crippen LogP contribution in [0.15, 0.2) is 67.1 Å². The zero-order valence-electron chi connectivity index (χ0n) is 23.0. The molecule has 0 bridgehead atoms. The Morgan fingerprint density at radius 2 is 1.92 bits per heavy atom. The summed E-state index contributed by atoms with van der Waals surface area (Å²) in [4.78, 5) is 40.9. The van der Waals surface area contributed by atoms with Crippen LogP contribution in [0.5, 0.6) is 0 Å². The van der Waals surface area contributed by atoms with Crippen molar-refractivity contribution in [1.29, 1.82) is 0 Å². The summed E-state index contributed by atoms with van der Waals surface area (Å²) in [5, 5.41) is 2.88. The summed E-state index contributed by atoms with van der Waals surface area (Å²) in [7, 11) is 3.33. The largest absolute Gasteiger partial charge is 0.381 e. The highest BCUT2D eigenvalue weighted by Crippen LogP contribution is 2.30. The third-order valence-corrected chi connectivity index (χ3v) is 6.62. The maximum absolute atomic E-state index is 12.9. The number of pyridine rings is 1. The van der Waals surface area contributed by atoms with Gasteiger partial charge in [-0.3, -0.25) is 19.0 Å². The molecule has 0 saturated carbocycles. The average molecular weight is 527 g/mol. The van der Waals surface area contributed by atoms with Crippen molar-refractivity contribution < 1.29 is 14.3 Å². The van der Waals surface area contributed by atoms with Crippen molar-refractivity contribution in [3.8, 4) is 11.3 Å². The number of rotatable bonds is 10. The van der Waals surface area contributed by atoms with Crippen LogP contribution in [0.1, 0.15) is 53.7 Å². The predicted octanol–water partition coefficient (Wildman–Crippen LogP) is 5.03. The van der Waals surface area contributed by atoms with Gasteiger partial charge in [-0.15, -0.1) is 0 Å². The van der Waals surface area contributed by atoms with Gasteiger partial charge in [-0.1, -0.05) is 31.6 Å². The quantitative estimate of drug-likeness (QED) is 0.291. The lowest BCUT2D eigenvalue weighted by Gasteiger charge is -2.22. The number of amides is 2. The zero-order valence-corrected chi connectivity index (χ0v) is 23.0. The number of imidazole rings is 1. The number of nitrogens with zero attached hydrogens (tertiary/aromatic N) is 5. The number of aryl methyl sites for hydroxylation is 2. The van der Waals surface area contributed by atoms with E-state index in [9.17, 15) is 9.59 Å². The highest BCUT2D eigenvalue weighted by molar-refractivity contribution is 6.04. The number of hydrogen-bond acceptors (Lipinski definition) is 6. The van der Waals surface area contributed by atoms with Crippen LogP contribution in [0.25, 0.3) is 16.8 Å². The van der Waals surface area contributed by atoms with E-state index in [-0.39, 0.29) is 17.9 Å². The fourth-order valence-electron chi connectivity index (χ4n) is 4.40. The molecule has 3 heterocycles. The summed E-state index contributed by atoms with van der Waals surface area (Å²) >= 11 is 0. The molecule has 39 heavy (non-hydrogen) atoms. The summed E-state index contributed by atoms with van der Waals surface area (Å²) in [6.07, 6.45) is 10.4. The lowest BCUT2D eigenvalue weighted by atomic mass is 10.1. The number of anilines is 1. The molecule has 4 rings (SSSR count). The molecule has 1 aromatic carbocycles. The van der Waals surface area contributed by atoms with Gasteiger partial charge in [-0.05, 0) is 50.1 Å². The van der Waals surface area contributed by atoms with Crippen LogP contribution in [-0.4, -0.2) is 56.8 Å². The second-order valence-corrected chi connectivity index (χ2v) is 9.36. The molecule has 1 unspecified atom stereocenters. The Morgan fingerprint density at radius 3 is 2.64 bits per heavy atom. The molecule has 0 radical (unpaired) electrons. The Kier molecular flexibility index (Phi) is 8.83. The van der Waals surface area contributed by atoms with Gasteiger partial charge in [0.15, 0.2) is 0 Å². The van der Waals surface area contributed by atoms with E-state index in [4.69, 9.17) is 9.72 Å². The number of carbonyl (C=O) groups excluding carboxylic acids is 2. The lowest BCUT2D eigenvalue weighted by molar-refractivity contribution is -0.126. The van der Waals surface area contributed by atoms with E-state index in [1.165, 1.54) is 6.08 Å². The Labute approximate surface area is 228 Å². The number of fused-ring (bicyclic) bond motifs is 1. The normalized spacial score (nSPS) is 12.1. The van der Waals surface area contributed by atoms with E-state index in [1.807, 2.05) is 48.7 Å². The van der Waals surface area contributed by atoms with Crippen molar-refractivity contribution in [1.82, 2.24) is 24.3 Å². The van der Waals surface area contributed by atoms with E-state index in [1.54, 1.807) is 49.7 Å². The van der Waals surface area contributed by atoms with Gasteiger partial charge >= 0.3 is 0 Å². The summed E-state index contributed by atoms with van der Waals surface area (Å²) in [5.74, 6) is 0.868. The summed E-state index contributed by atoms with van der Waals surface area (Å²) < 4.78 is 6.97. The lowest BCUT2D eigenvalue weighted by Crippen LogP contribution is -2.29. The molecule has 9 heteroatoms. The third-order valence-electron chi connectivity index (χ3n) is 6.62. The first-order chi connectivity index (χ1) is 18.8. The number of carbonyl (C=O) groups is 2. The minimum Gasteiger partial charge on any atom is -0.381 e. The van der Waals surface area contributed by atoms with Crippen LogP contribution in [-0.2, 0) is 16.0 Å². The monoisotopic (exact) mass is 526 g/mol. The van der Waals surface area contributed by atoms with Crippen LogP contribution in [0, 0.1) is 6.92 Å². The Hall–Kier alpha value is -4.37. The van der Waals surface area contributed by atoms with E-state index in [0.717, 1.165) is 40.9 Å². The average Bonchev–Trinajstić information content (AvgIpc) is 3.34. The molecular weight excluding hydrogens is 492 g/mol. The minimum absolute atomic E-state index is 0.145. The van der Waals surface area contributed by atoms with Crippen molar-refractivity contribution in [2.75, 3.05) is 26.1 Å². The summed E-state index contributed by atoms with van der Waals surface area (Å²) in [6, 6.07) is 10.9. The number of hydrogen-bond donors (Lipinski definition) is 1. The van der Waals surface area contributed by atoms with E-state index in [2.05, 4.69) is 22.2 Å². The van der Waals surface area contributed by atoms with Gasteiger partial charge in [0, 0.05) is 50.0 Å². The Bertz CT molecular complexity index is 1490. The van der Waals surface area contributed by atoms with Gasteiger partial charge in [-0.25, -0.2) is 9.97 Å². The van der Waals surface area contributed by atoms with Crippen molar-refractivity contribution in [3.63, 3.8) is 0 Å². The van der Waals surface area contributed by atoms with Gasteiger partial charge in [-0.2, -0.15) is 0 Å². The van der Waals surface area contributed by atoms with E-state index in [0.29, 0.717) is 23.8 Å². The number of likely N-dealkylation sites (N-methyl/N-ethyl adjacent to an activating group) is 1. The van der Waals surface area contributed by atoms with Crippen LogP contribution in [0.2, 0.25) is 0 Å². The van der Waals surface area contributed by atoms with Crippen LogP contribution >= 0.6 is 0 Å². The standard InChI is InChI=1S/C30H34N6O3/c1-6-8-22-14-15-32-25(19-22)33-30(38)24-12-10-23(11-13-24)27-28-20(2)31-16-17-36(28)29(34-27)21(3)35(4)26(37)9-7-18-39-5/h7,9-17,19,21H,6,8,18H2,1-5H3,(H,32,33,38). The molecule has 1 atom stereocenters. The first kappa shape index (κ1) is 27.7. The third kappa shape index (κ3) is 6.21. The topological polar surface area (TPSA) is 102 Å². The molecule has 0 spiro atoms. The molecule has 0 fully saturated rings. The fourth-order valence-corrected chi connectivity index (χ4v) is 4.40. The first-order valence-corrected chi connectivity index (χ1v) is 13.0. The smallest absolute Gasteiger partial charge is 0.256 e. The highest BCUT2D eigenvalue weighted by Gasteiger charge is 2.24. The van der Waals surface area contributed by atoms with Gasteiger partial charge in [0.2, 0.25) is 5.91 Å². The van der Waals surface area contributed by atoms with Crippen LogP contribution < -0.4 is 5.32 Å². The molecule has 0 aliphatic heterocycles. The van der Waals surface area contributed by atoms with Crippen molar-refractivity contribution in [2.24, 2.45) is 0 Å². The van der Waals surface area contributed by atoms with E-state index >= 15 is 0 Å². The van der Waals surface area contributed by atoms with Gasteiger partial charge < -0.3 is 15.0 Å². The Balaban J connectivity index is 1.61. The summed E-state index contributed by atoms with van der Waals surface area (Å²) in [5.41, 5.74) is 4.89. The molecule has 1 N–H and O–H groups in total. The maximum Gasteiger partial charge on any atom is 0.256 e. The minimum atomic E-state index is -0.311. The molecule has 0 aliphatic carbocycles. The van der Waals surface area contributed by atoms with Crippen LogP contribution in [0.4, 0.5) is 5.82 Å². The van der Waals surface area contributed by atoms with Crippen molar-refractivity contribution in [3.05, 3.63) is 89.8 Å². The molecule has 2 amide bonds. The van der Waals surface area contributed by atoms with Gasteiger partial charge in [0.05, 0.1) is 29.6 Å². The number of ether oxygens (including phenoxy) is 1. The second kappa shape index (κ2) is 12.4. The molecule has 0 aliphatic rings. The predicted molar refractivity (Wildman–Crippen MR) is 152 cm³/mol. The van der Waals surface area contributed by atoms with Crippen molar-refractivity contribution >= 4 is 23.1 Å². The maximum atomic E-state index is 12.9. The zero-order chi connectivity index (χ0) is 27.9. The number of methoxy groups -OCH3 is 1. The summed E-state index contributed by atoms with van der Waals surface area (Å²) in [6.45, 7) is 6.35. The second-order valence-electron chi connectivity index (χ2n) is 9.36. The first-order valence-electron chi connectivity index (χ1n) is 13.0. The SMILES string of the molecule is CCCc1ccnc(NC(=O)c2ccc(-c3nc(C(C)N(C)C(=O)C=CCOC)n4ccnc(C)c34)cc2)c1. The Morgan fingerprint density at radius 1 is 1.15 bits per heavy atom. The molecule has 4 aromatic rings. The molecule has 9 nitrogen and oxygen atoms in total. The molecule has 202 valence electrons. The number of benzene rings is 1. The molecule has 3 aromatic heterocycles. The van der Waals surface area contributed by atoms with E-state index < -0.39 is 0 Å². The van der Waals surface area contributed by atoms with Crippen LogP contribution in [0.3, 0.4) is 0 Å². The van der Waals surface area contributed by atoms with Gasteiger partial charge in [0.25, 0.3) is 5.91 Å². The van der Waals surface area contributed by atoms with Crippen molar-refractivity contribution in [2.45, 2.75) is 39.7 Å². The molecular formula is C30H34N6O3. The molecule has 0 saturated heterocycles. The van der Waals surface area contributed by atoms with Gasteiger partial charge in [0.1, 0.15) is 11.6 Å².